The summed E-state index contributed by atoms with van der Waals surface area (Å²) in [4.78, 5) is 4.24. The maximum absolute atomic E-state index is 5.88. The standard InChI is InChI=1S/C13H14BrN3/c1-8-3-4-11(5-9(8)2)17-13-12(15)6-10(14)7-16-13/h3-7H,15H2,1-2H3,(H,16,17). The predicted octanol–water partition coefficient (Wildman–Crippen LogP) is 3.79. The van der Waals surface area contributed by atoms with E-state index in [4.69, 9.17) is 5.73 Å². The van der Waals surface area contributed by atoms with Gasteiger partial charge >= 0.3 is 0 Å². The molecule has 4 heteroatoms. The summed E-state index contributed by atoms with van der Waals surface area (Å²) >= 11 is 3.33. The lowest BCUT2D eigenvalue weighted by Gasteiger charge is -2.10. The Morgan fingerprint density at radius 3 is 2.59 bits per heavy atom. The van der Waals surface area contributed by atoms with Crippen LogP contribution in [-0.4, -0.2) is 4.98 Å². The highest BCUT2D eigenvalue weighted by molar-refractivity contribution is 9.10. The maximum atomic E-state index is 5.88. The minimum Gasteiger partial charge on any atom is -0.396 e. The van der Waals surface area contributed by atoms with Gasteiger partial charge in [-0.2, -0.15) is 0 Å². The monoisotopic (exact) mass is 291 g/mol. The van der Waals surface area contributed by atoms with Gasteiger partial charge in [0.05, 0.1) is 5.69 Å². The Bertz CT molecular complexity index is 552. The van der Waals surface area contributed by atoms with E-state index in [1.54, 1.807) is 6.20 Å². The highest BCUT2D eigenvalue weighted by Crippen LogP contribution is 2.24. The molecule has 0 aliphatic rings. The minimum atomic E-state index is 0.623. The van der Waals surface area contributed by atoms with Crippen molar-refractivity contribution in [1.82, 2.24) is 4.98 Å². The number of nitrogens with zero attached hydrogens (tertiary/aromatic N) is 1. The second kappa shape index (κ2) is 4.75. The Hall–Kier alpha value is -1.55. The Labute approximate surface area is 109 Å². The van der Waals surface area contributed by atoms with E-state index in [0.29, 0.717) is 11.5 Å². The average Bonchev–Trinajstić information content (AvgIpc) is 2.27. The molecule has 17 heavy (non-hydrogen) atoms. The Morgan fingerprint density at radius 1 is 1.18 bits per heavy atom. The van der Waals surface area contributed by atoms with Crippen LogP contribution in [0.4, 0.5) is 17.2 Å². The third-order valence-electron chi connectivity index (χ3n) is 2.65. The third-order valence-corrected chi connectivity index (χ3v) is 3.09. The summed E-state index contributed by atoms with van der Waals surface area (Å²) in [6.45, 7) is 4.17. The van der Waals surface area contributed by atoms with Crippen molar-refractivity contribution in [2.24, 2.45) is 0 Å². The molecule has 1 aromatic heterocycles. The Morgan fingerprint density at radius 2 is 1.94 bits per heavy atom. The van der Waals surface area contributed by atoms with Gasteiger partial charge in [-0.05, 0) is 59.1 Å². The number of aromatic nitrogens is 1. The largest absolute Gasteiger partial charge is 0.396 e. The first kappa shape index (κ1) is 11.9. The molecule has 0 amide bonds. The summed E-state index contributed by atoms with van der Waals surface area (Å²) in [6, 6.07) is 8.01. The number of nitrogens with one attached hydrogen (secondary N) is 1. The van der Waals surface area contributed by atoms with Crippen LogP contribution >= 0.6 is 15.9 Å². The minimum absolute atomic E-state index is 0.623. The molecule has 0 aliphatic heterocycles. The first-order valence-corrected chi connectivity index (χ1v) is 6.11. The van der Waals surface area contributed by atoms with Crippen molar-refractivity contribution in [2.75, 3.05) is 11.1 Å². The molecule has 1 aromatic carbocycles. The molecule has 2 aromatic rings. The maximum Gasteiger partial charge on any atom is 0.153 e. The molecule has 0 atom stereocenters. The highest BCUT2D eigenvalue weighted by atomic mass is 79.9. The summed E-state index contributed by atoms with van der Waals surface area (Å²) in [5.74, 6) is 0.677. The lowest BCUT2D eigenvalue weighted by atomic mass is 10.1. The van der Waals surface area contributed by atoms with Crippen LogP contribution in [0.3, 0.4) is 0 Å². The Balaban J connectivity index is 2.28. The zero-order valence-corrected chi connectivity index (χ0v) is 11.4. The molecule has 0 bridgehead atoms. The van der Waals surface area contributed by atoms with Gasteiger partial charge in [0.15, 0.2) is 5.82 Å². The SMILES string of the molecule is Cc1ccc(Nc2ncc(Br)cc2N)cc1C. The van der Waals surface area contributed by atoms with Gasteiger partial charge in [0.2, 0.25) is 0 Å². The number of hydrogen-bond acceptors (Lipinski definition) is 3. The number of anilines is 3. The van der Waals surface area contributed by atoms with Gasteiger partial charge < -0.3 is 11.1 Å². The van der Waals surface area contributed by atoms with E-state index in [9.17, 15) is 0 Å². The van der Waals surface area contributed by atoms with E-state index in [0.717, 1.165) is 10.2 Å². The van der Waals surface area contributed by atoms with E-state index in [-0.39, 0.29) is 0 Å². The fourth-order valence-electron chi connectivity index (χ4n) is 1.52. The lowest BCUT2D eigenvalue weighted by Crippen LogP contribution is -1.99. The Kier molecular flexibility index (Phi) is 3.33. The molecule has 0 saturated heterocycles. The van der Waals surface area contributed by atoms with Crippen LogP contribution in [0.25, 0.3) is 0 Å². The number of benzene rings is 1. The van der Waals surface area contributed by atoms with Crippen LogP contribution in [0.1, 0.15) is 11.1 Å². The molecule has 0 radical (unpaired) electrons. The van der Waals surface area contributed by atoms with Crippen molar-refractivity contribution in [2.45, 2.75) is 13.8 Å². The molecule has 0 unspecified atom stereocenters. The molecule has 3 nitrogen and oxygen atoms in total. The van der Waals surface area contributed by atoms with E-state index in [2.05, 4.69) is 52.2 Å². The zero-order chi connectivity index (χ0) is 12.4. The quantitative estimate of drug-likeness (QED) is 0.885. The van der Waals surface area contributed by atoms with Crippen molar-refractivity contribution in [3.8, 4) is 0 Å². The predicted molar refractivity (Wildman–Crippen MR) is 75.5 cm³/mol. The van der Waals surface area contributed by atoms with E-state index in [1.165, 1.54) is 11.1 Å². The molecule has 0 aliphatic carbocycles. The van der Waals surface area contributed by atoms with E-state index >= 15 is 0 Å². The van der Waals surface area contributed by atoms with Crippen LogP contribution in [0.15, 0.2) is 34.9 Å². The number of nitrogen functional groups attached to an aromatic ring is 1. The third kappa shape index (κ3) is 2.77. The molecule has 0 saturated carbocycles. The topological polar surface area (TPSA) is 50.9 Å². The highest BCUT2D eigenvalue weighted by Gasteiger charge is 2.03. The molecule has 88 valence electrons. The van der Waals surface area contributed by atoms with Gasteiger partial charge in [-0.25, -0.2) is 4.98 Å². The van der Waals surface area contributed by atoms with Gasteiger partial charge in [0, 0.05) is 16.4 Å². The summed E-state index contributed by atoms with van der Waals surface area (Å²) < 4.78 is 0.876. The van der Waals surface area contributed by atoms with Crippen molar-refractivity contribution >= 4 is 33.1 Å². The van der Waals surface area contributed by atoms with Crippen LogP contribution in [0.5, 0.6) is 0 Å². The first-order valence-electron chi connectivity index (χ1n) is 5.31. The van der Waals surface area contributed by atoms with E-state index in [1.807, 2.05) is 12.1 Å². The summed E-state index contributed by atoms with van der Waals surface area (Å²) in [5, 5.41) is 3.21. The van der Waals surface area contributed by atoms with Gasteiger partial charge in [-0.1, -0.05) is 6.07 Å². The van der Waals surface area contributed by atoms with Crippen LogP contribution in [-0.2, 0) is 0 Å². The fraction of sp³-hybridized carbons (Fsp3) is 0.154. The fourth-order valence-corrected chi connectivity index (χ4v) is 1.86. The molecular formula is C13H14BrN3. The summed E-state index contributed by atoms with van der Waals surface area (Å²) in [5.41, 5.74) is 10.0. The first-order chi connectivity index (χ1) is 8.06. The van der Waals surface area contributed by atoms with E-state index < -0.39 is 0 Å². The summed E-state index contributed by atoms with van der Waals surface area (Å²) in [7, 11) is 0. The molecular weight excluding hydrogens is 278 g/mol. The number of nitrogens with two attached hydrogens (primary N) is 1. The van der Waals surface area contributed by atoms with Crippen LogP contribution in [0.2, 0.25) is 0 Å². The molecule has 0 fully saturated rings. The zero-order valence-electron chi connectivity index (χ0n) is 9.79. The summed E-state index contributed by atoms with van der Waals surface area (Å²) in [6.07, 6.45) is 1.72. The molecule has 0 spiro atoms. The number of aryl methyl sites for hydroxylation is 2. The van der Waals surface area contributed by atoms with Crippen molar-refractivity contribution in [3.63, 3.8) is 0 Å². The second-order valence-electron chi connectivity index (χ2n) is 4.02. The van der Waals surface area contributed by atoms with Gasteiger partial charge in [0.1, 0.15) is 0 Å². The number of pyridine rings is 1. The van der Waals surface area contributed by atoms with Crippen molar-refractivity contribution in [3.05, 3.63) is 46.1 Å². The van der Waals surface area contributed by atoms with Crippen molar-refractivity contribution in [1.29, 1.82) is 0 Å². The normalized spacial score (nSPS) is 10.3. The number of halogens is 1. The smallest absolute Gasteiger partial charge is 0.153 e. The van der Waals surface area contributed by atoms with Gasteiger partial charge in [0.25, 0.3) is 0 Å². The molecule has 1 heterocycles. The van der Waals surface area contributed by atoms with Gasteiger partial charge in [-0.15, -0.1) is 0 Å². The lowest BCUT2D eigenvalue weighted by molar-refractivity contribution is 1.28. The van der Waals surface area contributed by atoms with Crippen LogP contribution < -0.4 is 11.1 Å². The van der Waals surface area contributed by atoms with Crippen molar-refractivity contribution < 1.29 is 0 Å². The molecule has 3 N–H and O–H groups in total. The average molecular weight is 292 g/mol. The van der Waals surface area contributed by atoms with Crippen LogP contribution in [0, 0.1) is 13.8 Å². The number of rotatable bonds is 2. The van der Waals surface area contributed by atoms with Gasteiger partial charge in [-0.3, -0.25) is 0 Å². The molecule has 2 rings (SSSR count). The number of hydrogen-bond donors (Lipinski definition) is 2. The second-order valence-corrected chi connectivity index (χ2v) is 4.93.